The summed E-state index contributed by atoms with van der Waals surface area (Å²) in [4.78, 5) is 3.08. The van der Waals surface area contributed by atoms with E-state index in [1.165, 1.54) is 0 Å². The molecule has 0 aliphatic rings. The molecule has 3 aromatic rings. The Morgan fingerprint density at radius 3 is 2.81 bits per heavy atom. The van der Waals surface area contributed by atoms with Gasteiger partial charge in [-0.25, -0.2) is 8.97 Å². The van der Waals surface area contributed by atoms with E-state index in [2.05, 4.69) is 69.1 Å². The summed E-state index contributed by atoms with van der Waals surface area (Å²) in [5, 5.41) is 4.17. The molecule has 0 spiro atoms. The fourth-order valence-corrected chi connectivity index (χ4v) is 2.81. The Hall–Kier alpha value is -3.15. The van der Waals surface area contributed by atoms with Gasteiger partial charge in [0.2, 0.25) is 0 Å². The number of benzene rings is 1. The van der Waals surface area contributed by atoms with Gasteiger partial charge in [-0.2, -0.15) is 5.43 Å². The van der Waals surface area contributed by atoms with E-state index in [9.17, 15) is 0 Å². The number of nitrogens with zero attached hydrogens (tertiary/aromatic N) is 3. The van der Waals surface area contributed by atoms with Crippen molar-refractivity contribution in [2.24, 2.45) is 17.9 Å². The summed E-state index contributed by atoms with van der Waals surface area (Å²) in [5.41, 5.74) is 13.1. The third-order valence-corrected chi connectivity index (χ3v) is 4.28. The van der Waals surface area contributed by atoms with Gasteiger partial charge in [0.15, 0.2) is 5.69 Å². The highest BCUT2D eigenvalue weighted by molar-refractivity contribution is 5.82. The first kappa shape index (κ1) is 17.7. The van der Waals surface area contributed by atoms with Crippen LogP contribution < -0.4 is 20.6 Å². The first-order chi connectivity index (χ1) is 12.7. The summed E-state index contributed by atoms with van der Waals surface area (Å²) in [6.45, 7) is 2.99. The number of pyridine rings is 1. The van der Waals surface area contributed by atoms with E-state index in [1.807, 2.05) is 24.3 Å². The smallest absolute Gasteiger partial charge is 0.289 e. The number of imidazole rings is 1. The zero-order valence-electron chi connectivity index (χ0n) is 15.3. The van der Waals surface area contributed by atoms with Crippen LogP contribution in [0.25, 0.3) is 16.9 Å². The molecule has 2 aromatic heterocycles. The fourth-order valence-electron chi connectivity index (χ4n) is 2.81. The van der Waals surface area contributed by atoms with Crippen LogP contribution in [0.1, 0.15) is 25.3 Å². The minimum Gasteiger partial charge on any atom is -0.289 e. The van der Waals surface area contributed by atoms with Crippen LogP contribution in [-0.4, -0.2) is 23.3 Å². The van der Waals surface area contributed by atoms with Crippen molar-refractivity contribution < 1.29 is 9.39 Å². The molecule has 6 heteroatoms. The van der Waals surface area contributed by atoms with Gasteiger partial charge in [-0.3, -0.25) is 10.7 Å². The fraction of sp³-hybridized carbons (Fsp3) is 0.250. The zero-order chi connectivity index (χ0) is 18.4. The maximum Gasteiger partial charge on any atom is 0.365 e. The third-order valence-electron chi connectivity index (χ3n) is 4.28. The molecule has 0 aliphatic carbocycles. The molecule has 0 aliphatic heterocycles. The molecule has 0 saturated carbocycles. The van der Waals surface area contributed by atoms with E-state index >= 15 is 0 Å². The second-order valence-electron chi connectivity index (χ2n) is 6.23. The Kier molecular flexibility index (Phi) is 5.63. The Labute approximate surface area is 153 Å². The summed E-state index contributed by atoms with van der Waals surface area (Å²) in [6.07, 6.45) is 8.16. The van der Waals surface area contributed by atoms with Crippen molar-refractivity contribution in [2.75, 3.05) is 6.54 Å². The molecule has 0 radical (unpaired) electrons. The largest absolute Gasteiger partial charge is 0.365 e. The molecule has 0 bridgehead atoms. The highest BCUT2D eigenvalue weighted by Crippen LogP contribution is 2.19. The Morgan fingerprint density at radius 2 is 2.08 bits per heavy atom. The normalized spacial score (nSPS) is 12.2. The van der Waals surface area contributed by atoms with Gasteiger partial charge in [0, 0.05) is 11.6 Å². The molecular formula is C20H26N6+2. The van der Waals surface area contributed by atoms with Crippen LogP contribution >= 0.6 is 0 Å². The monoisotopic (exact) mass is 350 g/mol. The van der Waals surface area contributed by atoms with Crippen LogP contribution in [0.2, 0.25) is 0 Å². The molecular weight excluding hydrogens is 324 g/mol. The molecule has 0 saturated heterocycles. The maximum atomic E-state index is 5.81. The average Bonchev–Trinajstić information content (AvgIpc) is 3.00. The molecule has 2 heterocycles. The van der Waals surface area contributed by atoms with Gasteiger partial charge in [0.25, 0.3) is 5.65 Å². The highest BCUT2D eigenvalue weighted by Gasteiger charge is 2.14. The van der Waals surface area contributed by atoms with Crippen LogP contribution in [0, 0.1) is 0 Å². The predicted octanol–water partition coefficient (Wildman–Crippen LogP) is 0.550. The lowest BCUT2D eigenvalue weighted by atomic mass is 10.1. The quantitative estimate of drug-likeness (QED) is 0.200. The maximum absolute atomic E-state index is 5.81. The molecule has 0 fully saturated rings. The summed E-state index contributed by atoms with van der Waals surface area (Å²) >= 11 is 0. The van der Waals surface area contributed by atoms with Gasteiger partial charge in [-0.05, 0) is 30.2 Å². The molecule has 0 atom stereocenters. The number of aryl methyl sites for hydroxylation is 1. The number of nitrogens with two attached hydrogens (primary N) is 1. The standard InChI is InChI=1S/C20H25N6/c1-3-4-12-22-20(21)24-23-14-16-8-10-17(11-9-16)18-15-26-13-6-5-7-19(26)25(18)2/h5-11,13-15H,3-4,12H2,1-2H3,(H3,21,22,24)/q+1/p+1/b23-14-. The number of rotatable bonds is 6. The van der Waals surface area contributed by atoms with Crippen LogP contribution in [-0.2, 0) is 7.05 Å². The number of hydrogen-bond donors (Lipinski definition) is 3. The Bertz CT molecular complexity index is 921. The van der Waals surface area contributed by atoms with Crippen molar-refractivity contribution in [1.82, 2.24) is 9.99 Å². The van der Waals surface area contributed by atoms with Crippen molar-refractivity contribution in [3.63, 3.8) is 0 Å². The highest BCUT2D eigenvalue weighted by atomic mass is 15.3. The van der Waals surface area contributed by atoms with E-state index < -0.39 is 0 Å². The van der Waals surface area contributed by atoms with Gasteiger partial charge in [-0.1, -0.05) is 31.5 Å². The van der Waals surface area contributed by atoms with Gasteiger partial charge >= 0.3 is 5.96 Å². The van der Waals surface area contributed by atoms with Crippen molar-refractivity contribution in [1.29, 1.82) is 0 Å². The summed E-state index contributed by atoms with van der Waals surface area (Å²) < 4.78 is 4.31. The van der Waals surface area contributed by atoms with E-state index in [4.69, 9.17) is 5.73 Å². The van der Waals surface area contributed by atoms with Crippen molar-refractivity contribution in [3.8, 4) is 11.3 Å². The molecule has 1 aromatic carbocycles. The number of nitrogens with one attached hydrogen (secondary N) is 2. The number of hydrogen-bond acceptors (Lipinski definition) is 1. The Balaban J connectivity index is 1.69. The van der Waals surface area contributed by atoms with Gasteiger partial charge in [0.1, 0.15) is 6.20 Å². The number of aromatic nitrogens is 2. The molecule has 3 rings (SSSR count). The van der Waals surface area contributed by atoms with Crippen molar-refractivity contribution in [2.45, 2.75) is 19.8 Å². The summed E-state index contributed by atoms with van der Waals surface area (Å²) in [7, 11) is 2.08. The van der Waals surface area contributed by atoms with Gasteiger partial charge < -0.3 is 0 Å². The van der Waals surface area contributed by atoms with Gasteiger partial charge in [0.05, 0.1) is 26.0 Å². The van der Waals surface area contributed by atoms with E-state index in [0.29, 0.717) is 5.96 Å². The van der Waals surface area contributed by atoms with E-state index in [1.54, 1.807) is 6.21 Å². The summed E-state index contributed by atoms with van der Waals surface area (Å²) in [5.74, 6) is 0.471. The second kappa shape index (κ2) is 8.29. The second-order valence-corrected chi connectivity index (χ2v) is 6.23. The lowest BCUT2D eigenvalue weighted by Crippen LogP contribution is -2.78. The van der Waals surface area contributed by atoms with Crippen LogP contribution in [0.3, 0.4) is 0 Å². The molecule has 4 N–H and O–H groups in total. The topological polar surface area (TPSA) is 73.4 Å². The van der Waals surface area contributed by atoms with E-state index in [-0.39, 0.29) is 0 Å². The first-order valence-corrected chi connectivity index (χ1v) is 8.90. The van der Waals surface area contributed by atoms with E-state index in [0.717, 1.165) is 41.9 Å². The minimum atomic E-state index is 0.471. The number of hydrazone groups is 1. The number of guanidine groups is 1. The summed E-state index contributed by atoms with van der Waals surface area (Å²) in [6, 6.07) is 14.5. The molecule has 134 valence electrons. The van der Waals surface area contributed by atoms with Crippen molar-refractivity contribution >= 4 is 17.8 Å². The van der Waals surface area contributed by atoms with Crippen LogP contribution in [0.15, 0.2) is 60.0 Å². The minimum absolute atomic E-state index is 0.471. The molecule has 26 heavy (non-hydrogen) atoms. The van der Waals surface area contributed by atoms with Gasteiger partial charge in [-0.15, -0.1) is 5.10 Å². The SMILES string of the molecule is CCCC[NH+]=C(N)N/N=C\c1ccc(-c2c[n+]3ccccc3n2C)cc1. The molecule has 0 unspecified atom stereocenters. The number of fused-ring (bicyclic) bond motifs is 1. The molecule has 6 nitrogen and oxygen atoms in total. The third kappa shape index (κ3) is 4.08. The zero-order valence-corrected chi connectivity index (χ0v) is 15.3. The first-order valence-electron chi connectivity index (χ1n) is 8.90. The lowest BCUT2D eigenvalue weighted by molar-refractivity contribution is -0.510. The van der Waals surface area contributed by atoms with Crippen molar-refractivity contribution in [3.05, 3.63) is 60.4 Å². The Morgan fingerprint density at radius 1 is 1.27 bits per heavy atom. The molecule has 0 amide bonds. The van der Waals surface area contributed by atoms with Crippen LogP contribution in [0.5, 0.6) is 0 Å². The predicted molar refractivity (Wildman–Crippen MR) is 105 cm³/mol. The number of unbranched alkanes of at least 4 members (excludes halogenated alkanes) is 1. The van der Waals surface area contributed by atoms with Crippen LogP contribution in [0.4, 0.5) is 0 Å². The lowest BCUT2D eigenvalue weighted by Gasteiger charge is -1.98. The average molecular weight is 350 g/mol.